The first-order valence-corrected chi connectivity index (χ1v) is 6.65. The highest BCUT2D eigenvalue weighted by Gasteiger charge is 2.15. The minimum atomic E-state index is -0.437. The second-order valence-electron chi connectivity index (χ2n) is 4.30. The molecule has 2 aromatic rings. The lowest BCUT2D eigenvalue weighted by atomic mass is 9.98. The molecule has 4 nitrogen and oxygen atoms in total. The van der Waals surface area contributed by atoms with Crippen LogP contribution in [0.3, 0.4) is 0 Å². The summed E-state index contributed by atoms with van der Waals surface area (Å²) in [5.41, 5.74) is 1.91. The summed E-state index contributed by atoms with van der Waals surface area (Å²) in [6, 6.07) is 7.20. The molecule has 0 amide bonds. The second-order valence-corrected chi connectivity index (χ2v) is 5.55. The Kier molecular flexibility index (Phi) is 3.62. The van der Waals surface area contributed by atoms with Crippen molar-refractivity contribution < 1.29 is 5.11 Å². The number of rotatable bonds is 1. The molecule has 0 atom stereocenters. The smallest absolute Gasteiger partial charge is 0.266 e. The van der Waals surface area contributed by atoms with Crippen LogP contribution < -0.4 is 5.56 Å². The van der Waals surface area contributed by atoms with Gasteiger partial charge in [-0.2, -0.15) is 5.26 Å². The third-order valence-corrected chi connectivity index (χ3v) is 3.46. The summed E-state index contributed by atoms with van der Waals surface area (Å²) in [5, 5.41) is 19.3. The van der Waals surface area contributed by atoms with Crippen molar-refractivity contribution in [1.82, 2.24) is 4.98 Å². The predicted molar refractivity (Wildman–Crippen MR) is 81.1 cm³/mol. The maximum Gasteiger partial charge on any atom is 0.266 e. The number of benzene rings is 1. The molecule has 96 valence electrons. The summed E-state index contributed by atoms with van der Waals surface area (Å²) in [7, 11) is 0. The van der Waals surface area contributed by atoms with Crippen molar-refractivity contribution in [3.05, 3.63) is 48.9 Å². The summed E-state index contributed by atoms with van der Waals surface area (Å²) in [6.07, 6.45) is 0. The van der Waals surface area contributed by atoms with E-state index in [9.17, 15) is 9.90 Å². The monoisotopic (exact) mass is 366 g/mol. The zero-order valence-electron chi connectivity index (χ0n) is 10.4. The molecule has 0 aliphatic carbocycles. The molecular weight excluding hydrogens is 355 g/mol. The summed E-state index contributed by atoms with van der Waals surface area (Å²) < 4.78 is 0.935. The number of phenolic OH excluding ortho intramolecular Hbond substituents is 1. The van der Waals surface area contributed by atoms with Gasteiger partial charge in [0.25, 0.3) is 5.56 Å². The van der Waals surface area contributed by atoms with Gasteiger partial charge < -0.3 is 10.1 Å². The molecule has 19 heavy (non-hydrogen) atoms. The van der Waals surface area contributed by atoms with Crippen LogP contribution >= 0.6 is 22.6 Å². The van der Waals surface area contributed by atoms with Crippen LogP contribution in [0, 0.1) is 28.7 Å². The number of nitriles is 1. The predicted octanol–water partition coefficient (Wildman–Crippen LogP) is 2.84. The van der Waals surface area contributed by atoms with Gasteiger partial charge in [0.1, 0.15) is 17.4 Å². The average Bonchev–Trinajstić information content (AvgIpc) is 2.33. The first-order chi connectivity index (χ1) is 8.93. The van der Waals surface area contributed by atoms with Crippen molar-refractivity contribution in [3.63, 3.8) is 0 Å². The number of hydrogen-bond donors (Lipinski definition) is 2. The lowest BCUT2D eigenvalue weighted by molar-refractivity contribution is 0.473. The Morgan fingerprint density at radius 1 is 1.26 bits per heavy atom. The van der Waals surface area contributed by atoms with Gasteiger partial charge in [-0.15, -0.1) is 0 Å². The number of hydrogen-bond acceptors (Lipinski definition) is 3. The molecule has 1 aromatic heterocycles. The molecule has 0 unspecified atom stereocenters. The summed E-state index contributed by atoms with van der Waals surface area (Å²) >= 11 is 2.14. The number of pyridine rings is 1. The van der Waals surface area contributed by atoms with Crippen molar-refractivity contribution in [2.24, 2.45) is 0 Å². The topological polar surface area (TPSA) is 76.9 Å². The van der Waals surface area contributed by atoms with Crippen LogP contribution in [0.1, 0.15) is 16.8 Å². The van der Waals surface area contributed by atoms with E-state index in [0.717, 1.165) is 3.57 Å². The van der Waals surface area contributed by atoms with Crippen molar-refractivity contribution in [3.8, 4) is 22.9 Å². The third kappa shape index (κ3) is 2.49. The van der Waals surface area contributed by atoms with E-state index in [4.69, 9.17) is 5.26 Å². The van der Waals surface area contributed by atoms with Crippen LogP contribution in [-0.2, 0) is 0 Å². The number of aromatic nitrogens is 1. The van der Waals surface area contributed by atoms with Gasteiger partial charge in [0.05, 0.1) is 0 Å². The number of aromatic hydroxyl groups is 1. The Hall–Kier alpha value is -1.81. The van der Waals surface area contributed by atoms with Gasteiger partial charge in [-0.25, -0.2) is 0 Å². The van der Waals surface area contributed by atoms with Crippen LogP contribution in [0.25, 0.3) is 11.1 Å². The molecule has 1 heterocycles. The van der Waals surface area contributed by atoms with E-state index in [1.165, 1.54) is 0 Å². The Morgan fingerprint density at radius 3 is 2.58 bits per heavy atom. The van der Waals surface area contributed by atoms with Gasteiger partial charge in [0.2, 0.25) is 0 Å². The maximum absolute atomic E-state index is 11.8. The van der Waals surface area contributed by atoms with Gasteiger partial charge in [-0.3, -0.25) is 4.79 Å². The van der Waals surface area contributed by atoms with Gasteiger partial charge in [-0.1, -0.05) is 0 Å². The molecule has 2 rings (SSSR count). The molecule has 1 aromatic carbocycles. The molecule has 2 N–H and O–H groups in total. The van der Waals surface area contributed by atoms with Gasteiger partial charge in [-0.05, 0) is 60.2 Å². The number of nitrogens with zero attached hydrogens (tertiary/aromatic N) is 1. The molecule has 0 bridgehead atoms. The maximum atomic E-state index is 11.8. The normalized spacial score (nSPS) is 10.2. The third-order valence-electron chi connectivity index (χ3n) is 2.84. The fraction of sp³-hybridized carbons (Fsp3) is 0.143. The van der Waals surface area contributed by atoms with Crippen molar-refractivity contribution in [1.29, 1.82) is 5.26 Å². The Bertz CT molecular complexity index is 757. The van der Waals surface area contributed by atoms with E-state index < -0.39 is 5.56 Å². The summed E-state index contributed by atoms with van der Waals surface area (Å²) in [5.74, 6) is 0.0990. The molecule has 0 spiro atoms. The Labute approximate surface area is 123 Å². The zero-order valence-corrected chi connectivity index (χ0v) is 12.6. The largest absolute Gasteiger partial charge is 0.507 e. The number of aryl methyl sites for hydroxylation is 2. The molecular formula is C14H11IN2O2. The number of aromatic amines is 1. The molecule has 0 aliphatic rings. The zero-order chi connectivity index (χ0) is 14.2. The van der Waals surface area contributed by atoms with Crippen LogP contribution in [0.4, 0.5) is 0 Å². The van der Waals surface area contributed by atoms with Crippen molar-refractivity contribution in [2.75, 3.05) is 0 Å². The van der Waals surface area contributed by atoms with E-state index in [2.05, 4.69) is 27.6 Å². The van der Waals surface area contributed by atoms with E-state index in [1.807, 2.05) is 12.1 Å². The van der Waals surface area contributed by atoms with Gasteiger partial charge in [0.15, 0.2) is 0 Å². The van der Waals surface area contributed by atoms with Crippen LogP contribution in [0.2, 0.25) is 0 Å². The van der Waals surface area contributed by atoms with Crippen LogP contribution in [-0.4, -0.2) is 10.1 Å². The molecule has 5 heteroatoms. The number of nitrogens with one attached hydrogen (secondary N) is 1. The average molecular weight is 366 g/mol. The van der Waals surface area contributed by atoms with E-state index in [1.54, 1.807) is 26.0 Å². The number of H-pyrrole nitrogens is 1. The van der Waals surface area contributed by atoms with Crippen molar-refractivity contribution >= 4 is 22.6 Å². The fourth-order valence-electron chi connectivity index (χ4n) is 1.95. The van der Waals surface area contributed by atoms with E-state index in [-0.39, 0.29) is 11.3 Å². The highest BCUT2D eigenvalue weighted by Crippen LogP contribution is 2.34. The number of halogens is 1. The minimum Gasteiger partial charge on any atom is -0.507 e. The SMILES string of the molecule is Cc1cc(-c2cc(I)cc(C)c2O)c(C#N)c(=O)[nH]1. The minimum absolute atomic E-state index is 0.0160. The lowest BCUT2D eigenvalue weighted by Crippen LogP contribution is -2.12. The standard InChI is InChI=1S/C14H11IN2O2/c1-7-3-9(15)5-11(13(7)18)10-4-8(2)17-14(19)12(10)6-16/h3-5,18H,1-2H3,(H,17,19). The summed E-state index contributed by atoms with van der Waals surface area (Å²) in [4.78, 5) is 14.4. The Morgan fingerprint density at radius 2 is 1.95 bits per heavy atom. The summed E-state index contributed by atoms with van der Waals surface area (Å²) in [6.45, 7) is 3.52. The van der Waals surface area contributed by atoms with Gasteiger partial charge in [0, 0.05) is 20.4 Å². The quantitative estimate of drug-likeness (QED) is 0.762. The van der Waals surface area contributed by atoms with E-state index >= 15 is 0 Å². The molecule has 0 radical (unpaired) electrons. The lowest BCUT2D eigenvalue weighted by Gasteiger charge is -2.10. The Balaban J connectivity index is 2.87. The molecule has 0 saturated carbocycles. The van der Waals surface area contributed by atoms with Crippen LogP contribution in [0.5, 0.6) is 5.75 Å². The van der Waals surface area contributed by atoms with E-state index in [0.29, 0.717) is 22.4 Å². The molecule has 0 aliphatic heterocycles. The van der Waals surface area contributed by atoms with Crippen molar-refractivity contribution in [2.45, 2.75) is 13.8 Å². The highest BCUT2D eigenvalue weighted by atomic mass is 127. The molecule has 0 saturated heterocycles. The van der Waals surface area contributed by atoms with Gasteiger partial charge >= 0.3 is 0 Å². The first-order valence-electron chi connectivity index (χ1n) is 5.57. The number of phenols is 1. The second kappa shape index (κ2) is 5.05. The molecule has 0 fully saturated rings. The van der Waals surface area contributed by atoms with Crippen LogP contribution in [0.15, 0.2) is 23.0 Å². The fourth-order valence-corrected chi connectivity index (χ4v) is 2.73. The highest BCUT2D eigenvalue weighted by molar-refractivity contribution is 14.1. The first kappa shape index (κ1) is 13.6.